The molecule has 0 saturated heterocycles. The maximum absolute atomic E-state index is 11.8. The Labute approximate surface area is 111 Å². The molecule has 1 atom stereocenters. The molecule has 0 aliphatic carbocycles. The standard InChI is InChI=1S/C12H15NO5S/c1-8(7-19(2,17)18)13-11(14)9-3-5-10(6-4-9)12(15)16/h3-6,8H,7H2,1-2H3,(H,13,14)(H,15,16). The number of sulfone groups is 1. The van der Waals surface area contributed by atoms with Gasteiger partial charge in [0.15, 0.2) is 0 Å². The van der Waals surface area contributed by atoms with Crippen LogP contribution in [0, 0.1) is 0 Å². The highest BCUT2D eigenvalue weighted by Gasteiger charge is 2.14. The third kappa shape index (κ3) is 5.09. The zero-order chi connectivity index (χ0) is 14.6. The van der Waals surface area contributed by atoms with Gasteiger partial charge in [-0.25, -0.2) is 13.2 Å². The molecule has 0 radical (unpaired) electrons. The van der Waals surface area contributed by atoms with Crippen LogP contribution >= 0.6 is 0 Å². The van der Waals surface area contributed by atoms with Crippen LogP contribution in [0.3, 0.4) is 0 Å². The fraction of sp³-hybridized carbons (Fsp3) is 0.333. The van der Waals surface area contributed by atoms with Crippen molar-refractivity contribution < 1.29 is 23.1 Å². The van der Waals surface area contributed by atoms with Crippen molar-refractivity contribution in [1.82, 2.24) is 5.32 Å². The van der Waals surface area contributed by atoms with Crippen molar-refractivity contribution in [2.75, 3.05) is 12.0 Å². The summed E-state index contributed by atoms with van der Waals surface area (Å²) in [7, 11) is -3.16. The zero-order valence-corrected chi connectivity index (χ0v) is 11.4. The third-order valence-corrected chi connectivity index (χ3v) is 3.43. The van der Waals surface area contributed by atoms with E-state index in [0.29, 0.717) is 0 Å². The van der Waals surface area contributed by atoms with Gasteiger partial charge in [0, 0.05) is 17.9 Å². The molecule has 6 nitrogen and oxygen atoms in total. The number of carboxylic acid groups (broad SMARTS) is 1. The predicted molar refractivity (Wildman–Crippen MR) is 70.0 cm³/mol. The lowest BCUT2D eigenvalue weighted by atomic mass is 10.1. The van der Waals surface area contributed by atoms with E-state index in [-0.39, 0.29) is 16.9 Å². The molecule has 7 heteroatoms. The molecule has 104 valence electrons. The van der Waals surface area contributed by atoms with E-state index in [9.17, 15) is 18.0 Å². The first-order chi connectivity index (χ1) is 8.69. The summed E-state index contributed by atoms with van der Waals surface area (Å²) >= 11 is 0. The van der Waals surface area contributed by atoms with E-state index in [0.717, 1.165) is 6.26 Å². The van der Waals surface area contributed by atoms with Gasteiger partial charge in [0.05, 0.1) is 11.3 Å². The van der Waals surface area contributed by atoms with Crippen LogP contribution in [0.2, 0.25) is 0 Å². The van der Waals surface area contributed by atoms with Crippen LogP contribution in [0.15, 0.2) is 24.3 Å². The third-order valence-electron chi connectivity index (χ3n) is 2.32. The number of benzene rings is 1. The second kappa shape index (κ2) is 5.83. The van der Waals surface area contributed by atoms with Crippen LogP contribution in [-0.4, -0.2) is 43.5 Å². The van der Waals surface area contributed by atoms with Gasteiger partial charge in [0.25, 0.3) is 5.91 Å². The van der Waals surface area contributed by atoms with Crippen LogP contribution in [0.25, 0.3) is 0 Å². The highest BCUT2D eigenvalue weighted by molar-refractivity contribution is 7.90. The summed E-state index contributed by atoms with van der Waals surface area (Å²) in [5, 5.41) is 11.3. The molecule has 1 aromatic rings. The Bertz CT molecular complexity index is 577. The molecule has 0 aliphatic heterocycles. The Hall–Kier alpha value is -1.89. The highest BCUT2D eigenvalue weighted by atomic mass is 32.2. The number of carboxylic acids is 1. The molecule has 2 N–H and O–H groups in total. The van der Waals surface area contributed by atoms with E-state index in [1.54, 1.807) is 6.92 Å². The number of hydrogen-bond acceptors (Lipinski definition) is 4. The summed E-state index contributed by atoms with van der Waals surface area (Å²) in [6.45, 7) is 1.59. The molecule has 0 saturated carbocycles. The van der Waals surface area contributed by atoms with E-state index in [2.05, 4.69) is 5.32 Å². The molecule has 0 fully saturated rings. The van der Waals surface area contributed by atoms with Gasteiger partial charge in [-0.05, 0) is 31.2 Å². The Kier molecular flexibility index (Phi) is 4.66. The predicted octanol–water partition coefficient (Wildman–Crippen LogP) is 0.548. The number of amides is 1. The minimum absolute atomic E-state index is 0.0840. The van der Waals surface area contributed by atoms with Crippen LogP contribution in [0.1, 0.15) is 27.6 Å². The fourth-order valence-corrected chi connectivity index (χ4v) is 2.56. The molecule has 1 amide bonds. The summed E-state index contributed by atoms with van der Waals surface area (Å²) < 4.78 is 22.1. The molecule has 0 aromatic heterocycles. The first-order valence-electron chi connectivity index (χ1n) is 5.51. The minimum Gasteiger partial charge on any atom is -0.478 e. The molecular weight excluding hydrogens is 270 g/mol. The van der Waals surface area contributed by atoms with Crippen LogP contribution in [-0.2, 0) is 9.84 Å². The van der Waals surface area contributed by atoms with Gasteiger partial charge in [0.1, 0.15) is 9.84 Å². The Balaban J connectivity index is 2.70. The van der Waals surface area contributed by atoms with Gasteiger partial charge in [-0.3, -0.25) is 4.79 Å². The van der Waals surface area contributed by atoms with Crippen molar-refractivity contribution in [3.63, 3.8) is 0 Å². The summed E-state index contributed by atoms with van der Waals surface area (Å²) in [4.78, 5) is 22.4. The maximum atomic E-state index is 11.8. The van der Waals surface area contributed by atoms with Gasteiger partial charge in [0.2, 0.25) is 0 Å². The zero-order valence-electron chi connectivity index (χ0n) is 10.6. The summed E-state index contributed by atoms with van der Waals surface area (Å²) in [5.74, 6) is -1.66. The summed E-state index contributed by atoms with van der Waals surface area (Å²) in [5.41, 5.74) is 0.367. The molecule has 0 bridgehead atoms. The van der Waals surface area contributed by atoms with Gasteiger partial charge in [-0.2, -0.15) is 0 Å². The quantitative estimate of drug-likeness (QED) is 0.822. The van der Waals surface area contributed by atoms with Crippen molar-refractivity contribution in [2.24, 2.45) is 0 Å². The van der Waals surface area contributed by atoms with Crippen LogP contribution in [0.4, 0.5) is 0 Å². The van der Waals surface area contributed by atoms with E-state index >= 15 is 0 Å². The average molecular weight is 285 g/mol. The lowest BCUT2D eigenvalue weighted by molar-refractivity contribution is 0.0696. The summed E-state index contributed by atoms with van der Waals surface area (Å²) in [6, 6.07) is 4.89. The van der Waals surface area contributed by atoms with E-state index in [4.69, 9.17) is 5.11 Å². The molecule has 1 unspecified atom stereocenters. The van der Waals surface area contributed by atoms with E-state index in [1.807, 2.05) is 0 Å². The molecule has 19 heavy (non-hydrogen) atoms. The van der Waals surface area contributed by atoms with Crippen molar-refractivity contribution >= 4 is 21.7 Å². The van der Waals surface area contributed by atoms with Gasteiger partial charge in [-0.1, -0.05) is 0 Å². The van der Waals surface area contributed by atoms with E-state index in [1.165, 1.54) is 24.3 Å². The van der Waals surface area contributed by atoms with Gasteiger partial charge in [-0.15, -0.1) is 0 Å². The second-order valence-corrected chi connectivity index (χ2v) is 6.53. The van der Waals surface area contributed by atoms with E-state index < -0.39 is 27.8 Å². The Morgan fingerprint density at radius 1 is 1.21 bits per heavy atom. The van der Waals surface area contributed by atoms with Gasteiger partial charge >= 0.3 is 5.97 Å². The highest BCUT2D eigenvalue weighted by Crippen LogP contribution is 2.05. The van der Waals surface area contributed by atoms with Crippen LogP contribution in [0.5, 0.6) is 0 Å². The molecular formula is C12H15NO5S. The largest absolute Gasteiger partial charge is 0.478 e. The topological polar surface area (TPSA) is 101 Å². The van der Waals surface area contributed by atoms with Crippen LogP contribution < -0.4 is 5.32 Å². The average Bonchev–Trinajstić information content (AvgIpc) is 2.26. The van der Waals surface area contributed by atoms with Crippen molar-refractivity contribution in [2.45, 2.75) is 13.0 Å². The molecule has 0 spiro atoms. The second-order valence-electron chi connectivity index (χ2n) is 4.35. The molecule has 1 aromatic carbocycles. The maximum Gasteiger partial charge on any atom is 0.335 e. The fourth-order valence-electron chi connectivity index (χ4n) is 1.57. The van der Waals surface area contributed by atoms with Crippen molar-refractivity contribution in [3.8, 4) is 0 Å². The number of carbonyl (C=O) groups excluding carboxylic acids is 1. The Morgan fingerprint density at radius 3 is 2.11 bits per heavy atom. The minimum atomic E-state index is -3.16. The van der Waals surface area contributed by atoms with Crippen molar-refractivity contribution in [1.29, 1.82) is 0 Å². The van der Waals surface area contributed by atoms with Gasteiger partial charge < -0.3 is 10.4 Å². The molecule has 0 aliphatic rings. The smallest absolute Gasteiger partial charge is 0.335 e. The first kappa shape index (κ1) is 15.2. The van der Waals surface area contributed by atoms with Crippen molar-refractivity contribution in [3.05, 3.63) is 35.4 Å². The first-order valence-corrected chi connectivity index (χ1v) is 7.57. The normalized spacial score (nSPS) is 12.7. The number of hydrogen-bond donors (Lipinski definition) is 2. The lowest BCUT2D eigenvalue weighted by Crippen LogP contribution is -2.37. The number of carbonyl (C=O) groups is 2. The number of rotatable bonds is 5. The summed E-state index contributed by atoms with van der Waals surface area (Å²) in [6.07, 6.45) is 1.09. The monoisotopic (exact) mass is 285 g/mol. The lowest BCUT2D eigenvalue weighted by Gasteiger charge is -2.12. The SMILES string of the molecule is CC(CS(C)(=O)=O)NC(=O)c1ccc(C(=O)O)cc1. The Morgan fingerprint density at radius 2 is 1.68 bits per heavy atom. The molecule has 0 heterocycles. The number of aromatic carboxylic acids is 1. The number of nitrogens with one attached hydrogen (secondary N) is 1. The molecule has 1 rings (SSSR count).